The molecule has 5 unspecified atom stereocenters. The highest BCUT2D eigenvalue weighted by atomic mass is 16.6. The van der Waals surface area contributed by atoms with Crippen LogP contribution in [0.1, 0.15) is 34.6 Å². The fourth-order valence-corrected chi connectivity index (χ4v) is 1.93. The van der Waals surface area contributed by atoms with Gasteiger partial charge >= 0.3 is 0 Å². The maximum atomic E-state index is 9.12. The summed E-state index contributed by atoms with van der Waals surface area (Å²) in [4.78, 5) is 0. The van der Waals surface area contributed by atoms with Crippen LogP contribution in [0.4, 0.5) is 0 Å². The van der Waals surface area contributed by atoms with Crippen molar-refractivity contribution in [2.45, 2.75) is 65.1 Å². The second kappa shape index (κ2) is 25.2. The van der Waals surface area contributed by atoms with Gasteiger partial charge in [0.15, 0.2) is 0 Å². The summed E-state index contributed by atoms with van der Waals surface area (Å²) in [6.07, 6.45) is -0.783. The fourth-order valence-electron chi connectivity index (χ4n) is 1.93. The molecule has 0 aliphatic rings. The monoisotopic (exact) mass is 472 g/mol. The first-order valence-corrected chi connectivity index (χ1v) is 11.3. The molecule has 10 heteroatoms. The first-order valence-electron chi connectivity index (χ1n) is 11.3. The quantitative estimate of drug-likeness (QED) is 0.205. The molecule has 0 rings (SSSR count). The summed E-state index contributed by atoms with van der Waals surface area (Å²) in [5, 5.41) is 26.3. The molecule has 0 aliphatic carbocycles. The third-order valence-electron chi connectivity index (χ3n) is 3.76. The first-order chi connectivity index (χ1) is 15.3. The number of hydrogen-bond donors (Lipinski definition) is 3. The molecule has 0 spiro atoms. The van der Waals surface area contributed by atoms with Crippen molar-refractivity contribution in [1.29, 1.82) is 0 Å². The Morgan fingerprint density at radius 1 is 0.562 bits per heavy atom. The van der Waals surface area contributed by atoms with Gasteiger partial charge in [-0.15, -0.1) is 0 Å². The van der Waals surface area contributed by atoms with E-state index in [-0.39, 0.29) is 37.6 Å². The molecular weight excluding hydrogens is 424 g/mol. The predicted octanol–water partition coefficient (Wildman–Crippen LogP) is 0.638. The topological polar surface area (TPSA) is 125 Å². The maximum absolute atomic E-state index is 9.12. The Labute approximate surface area is 194 Å². The van der Waals surface area contributed by atoms with Crippen molar-refractivity contribution in [1.82, 2.24) is 0 Å². The summed E-state index contributed by atoms with van der Waals surface area (Å²) in [5.74, 6) is 0. The van der Waals surface area contributed by atoms with Gasteiger partial charge in [-0.25, -0.2) is 0 Å². The summed E-state index contributed by atoms with van der Waals surface area (Å²) < 4.78 is 36.8. The Bertz CT molecular complexity index is 352. The van der Waals surface area contributed by atoms with Crippen molar-refractivity contribution >= 4 is 0 Å². The largest absolute Gasteiger partial charge is 0.394 e. The smallest absolute Gasteiger partial charge is 0.0781 e. The lowest BCUT2D eigenvalue weighted by atomic mass is 10.3. The van der Waals surface area contributed by atoms with Gasteiger partial charge in [0.05, 0.1) is 103 Å². The molecular formula is C22H48O10. The average molecular weight is 473 g/mol. The first kappa shape index (κ1) is 33.8. The van der Waals surface area contributed by atoms with E-state index in [4.69, 9.17) is 48.5 Å². The number of aliphatic hydroxyl groups excluding tert-OH is 3. The van der Waals surface area contributed by atoms with E-state index in [0.29, 0.717) is 59.5 Å². The highest BCUT2D eigenvalue weighted by molar-refractivity contribution is 4.57. The number of rotatable bonds is 21. The van der Waals surface area contributed by atoms with Gasteiger partial charge in [-0.2, -0.15) is 0 Å². The van der Waals surface area contributed by atoms with E-state index in [0.717, 1.165) is 0 Å². The van der Waals surface area contributed by atoms with Crippen molar-refractivity contribution in [3.8, 4) is 0 Å². The lowest BCUT2D eigenvalue weighted by Gasteiger charge is -2.21. The Balaban J connectivity index is 0. The van der Waals surface area contributed by atoms with Gasteiger partial charge in [-0.3, -0.25) is 0 Å². The minimum Gasteiger partial charge on any atom is -0.394 e. The van der Waals surface area contributed by atoms with Crippen molar-refractivity contribution in [3.05, 3.63) is 0 Å². The average Bonchev–Trinajstić information content (AvgIpc) is 2.78. The molecule has 0 aromatic carbocycles. The highest BCUT2D eigenvalue weighted by Gasteiger charge is 2.11. The predicted molar refractivity (Wildman–Crippen MR) is 121 cm³/mol. The standard InChI is InChI=1S/C15H32O6.C7H16O4/c1-11(17)7-18-13(3)9-20-15(5)10-21-14(4)8-19-12(2)6-16;1-9-4-5-11-7-6-10-3-2-8/h11-17H,6-10H2,1-5H3;8H,2-7H2,1H3. The van der Waals surface area contributed by atoms with Gasteiger partial charge < -0.3 is 48.5 Å². The lowest BCUT2D eigenvalue weighted by Crippen LogP contribution is -2.28. The van der Waals surface area contributed by atoms with Crippen LogP contribution in [-0.2, 0) is 33.2 Å². The molecule has 32 heavy (non-hydrogen) atoms. The van der Waals surface area contributed by atoms with E-state index in [9.17, 15) is 0 Å². The van der Waals surface area contributed by atoms with E-state index in [1.54, 1.807) is 14.0 Å². The van der Waals surface area contributed by atoms with Gasteiger partial charge in [0.25, 0.3) is 0 Å². The summed E-state index contributed by atoms with van der Waals surface area (Å²) in [7, 11) is 1.63. The van der Waals surface area contributed by atoms with Gasteiger partial charge in [0.1, 0.15) is 0 Å². The van der Waals surface area contributed by atoms with Crippen LogP contribution >= 0.6 is 0 Å². The molecule has 0 aliphatic heterocycles. The van der Waals surface area contributed by atoms with Crippen LogP contribution in [0.25, 0.3) is 0 Å². The van der Waals surface area contributed by atoms with E-state index in [2.05, 4.69) is 0 Å². The van der Waals surface area contributed by atoms with Crippen molar-refractivity contribution in [2.75, 3.05) is 79.8 Å². The van der Waals surface area contributed by atoms with Gasteiger partial charge in [-0.05, 0) is 34.6 Å². The summed E-state index contributed by atoms with van der Waals surface area (Å²) >= 11 is 0. The molecule has 0 fully saturated rings. The molecule has 10 nitrogen and oxygen atoms in total. The molecule has 196 valence electrons. The summed E-state index contributed by atoms with van der Waals surface area (Å²) in [6, 6.07) is 0. The van der Waals surface area contributed by atoms with Crippen LogP contribution < -0.4 is 0 Å². The molecule has 0 aromatic rings. The zero-order chi connectivity index (χ0) is 24.6. The molecule has 0 radical (unpaired) electrons. The lowest BCUT2D eigenvalue weighted by molar-refractivity contribution is -0.0936. The summed E-state index contributed by atoms with van der Waals surface area (Å²) in [6.45, 7) is 13.7. The molecule has 0 saturated heterocycles. The second-order valence-corrected chi connectivity index (χ2v) is 7.55. The Hall–Kier alpha value is -0.400. The molecule has 0 aromatic heterocycles. The van der Waals surface area contributed by atoms with E-state index in [1.165, 1.54) is 0 Å². The van der Waals surface area contributed by atoms with Crippen molar-refractivity contribution < 1.29 is 48.5 Å². The van der Waals surface area contributed by atoms with E-state index < -0.39 is 6.10 Å². The van der Waals surface area contributed by atoms with Crippen LogP contribution in [0.3, 0.4) is 0 Å². The van der Waals surface area contributed by atoms with E-state index in [1.807, 2.05) is 27.7 Å². The van der Waals surface area contributed by atoms with Crippen LogP contribution in [-0.4, -0.2) is 126 Å². The number of methoxy groups -OCH3 is 1. The van der Waals surface area contributed by atoms with Crippen LogP contribution in [0.2, 0.25) is 0 Å². The number of ether oxygens (including phenoxy) is 7. The highest BCUT2D eigenvalue weighted by Crippen LogP contribution is 2.02. The Morgan fingerprint density at radius 2 is 0.969 bits per heavy atom. The van der Waals surface area contributed by atoms with E-state index >= 15 is 0 Å². The maximum Gasteiger partial charge on any atom is 0.0781 e. The second-order valence-electron chi connectivity index (χ2n) is 7.55. The number of aliphatic hydroxyl groups is 3. The Morgan fingerprint density at radius 3 is 1.38 bits per heavy atom. The van der Waals surface area contributed by atoms with Crippen LogP contribution in [0.15, 0.2) is 0 Å². The minimum atomic E-state index is -0.463. The fraction of sp³-hybridized carbons (Fsp3) is 1.00. The van der Waals surface area contributed by atoms with Gasteiger partial charge in [0, 0.05) is 7.11 Å². The molecule has 0 bridgehead atoms. The molecule has 0 heterocycles. The molecule has 0 saturated carbocycles. The van der Waals surface area contributed by atoms with Gasteiger partial charge in [0.2, 0.25) is 0 Å². The molecule has 3 N–H and O–H groups in total. The molecule has 5 atom stereocenters. The normalized spacial score (nSPS) is 16.0. The third kappa shape index (κ3) is 27.6. The summed E-state index contributed by atoms with van der Waals surface area (Å²) in [5.41, 5.74) is 0. The van der Waals surface area contributed by atoms with Crippen LogP contribution in [0, 0.1) is 0 Å². The van der Waals surface area contributed by atoms with Gasteiger partial charge in [-0.1, -0.05) is 0 Å². The number of hydrogen-bond acceptors (Lipinski definition) is 10. The molecule has 0 amide bonds. The van der Waals surface area contributed by atoms with Crippen molar-refractivity contribution in [3.63, 3.8) is 0 Å². The zero-order valence-corrected chi connectivity index (χ0v) is 20.9. The minimum absolute atomic E-state index is 0.0105. The van der Waals surface area contributed by atoms with Crippen molar-refractivity contribution in [2.24, 2.45) is 0 Å². The Kier molecular flexibility index (Phi) is 26.6. The zero-order valence-electron chi connectivity index (χ0n) is 20.9. The third-order valence-corrected chi connectivity index (χ3v) is 3.76. The SMILES string of the molecule is CC(O)COC(C)COC(C)COC(C)COC(C)CO.COCCOCCOCCO. The van der Waals surface area contributed by atoms with Crippen LogP contribution in [0.5, 0.6) is 0 Å².